The molecule has 0 rings (SSSR count). The first-order valence-electron chi connectivity index (χ1n) is 3.07. The van der Waals surface area contributed by atoms with Crippen molar-refractivity contribution in [2.45, 2.75) is 13.3 Å². The third-order valence-electron chi connectivity index (χ3n) is 1.76. The largest absolute Gasteiger partial charge is 0.412 e. The van der Waals surface area contributed by atoms with Crippen molar-refractivity contribution in [3.8, 4) is 0 Å². The van der Waals surface area contributed by atoms with E-state index in [0.29, 0.717) is 6.42 Å². The zero-order valence-corrected chi connectivity index (χ0v) is 6.17. The van der Waals surface area contributed by atoms with E-state index in [1.807, 2.05) is 6.92 Å². The summed E-state index contributed by atoms with van der Waals surface area (Å²) in [5.74, 6) is 0. The van der Waals surface area contributed by atoms with Gasteiger partial charge in [-0.15, -0.1) is 0 Å². The molecular weight excluding hydrogens is 136 g/mol. The van der Waals surface area contributed by atoms with Gasteiger partial charge in [0.05, 0.1) is 19.8 Å². The molecule has 0 aliphatic rings. The smallest absolute Gasteiger partial charge is 0.0531 e. The molecule has 0 aromatic heterocycles. The van der Waals surface area contributed by atoms with Crippen molar-refractivity contribution in [2.75, 3.05) is 19.8 Å². The molecule has 10 heavy (non-hydrogen) atoms. The summed E-state index contributed by atoms with van der Waals surface area (Å²) in [7, 11) is 0. The molecule has 5 N–H and O–H groups in total. The fourth-order valence-corrected chi connectivity index (χ4v) is 0.485. The second-order valence-electron chi connectivity index (χ2n) is 2.33. The summed E-state index contributed by atoms with van der Waals surface area (Å²) in [6, 6.07) is 0. The SMILES string of the molecule is CCC(CO)(CO)CO.O. The second kappa shape index (κ2) is 5.61. The molecule has 0 unspecified atom stereocenters. The maximum Gasteiger partial charge on any atom is 0.0531 e. The Bertz CT molecular complexity index is 52.6. The summed E-state index contributed by atoms with van der Waals surface area (Å²) in [6.07, 6.45) is 0.594. The van der Waals surface area contributed by atoms with Gasteiger partial charge in [0.15, 0.2) is 0 Å². The van der Waals surface area contributed by atoms with Gasteiger partial charge in [-0.2, -0.15) is 0 Å². The van der Waals surface area contributed by atoms with E-state index in [1.54, 1.807) is 0 Å². The summed E-state index contributed by atoms with van der Waals surface area (Å²) in [4.78, 5) is 0. The molecule has 0 aromatic rings. The van der Waals surface area contributed by atoms with Crippen LogP contribution in [0.25, 0.3) is 0 Å². The molecule has 0 atom stereocenters. The van der Waals surface area contributed by atoms with E-state index in [4.69, 9.17) is 15.3 Å². The zero-order valence-electron chi connectivity index (χ0n) is 6.17. The van der Waals surface area contributed by atoms with E-state index in [0.717, 1.165) is 0 Å². The van der Waals surface area contributed by atoms with Crippen LogP contribution >= 0.6 is 0 Å². The average Bonchev–Trinajstić information content (AvgIpc) is 1.95. The van der Waals surface area contributed by atoms with Gasteiger partial charge < -0.3 is 20.8 Å². The Morgan fingerprint density at radius 1 is 1.00 bits per heavy atom. The Kier molecular flexibility index (Phi) is 7.02. The monoisotopic (exact) mass is 152 g/mol. The maximum atomic E-state index is 8.66. The van der Waals surface area contributed by atoms with E-state index in [1.165, 1.54) is 0 Å². The van der Waals surface area contributed by atoms with Crippen molar-refractivity contribution in [2.24, 2.45) is 5.41 Å². The lowest BCUT2D eigenvalue weighted by Crippen LogP contribution is -2.32. The number of hydrogen-bond donors (Lipinski definition) is 3. The lowest BCUT2D eigenvalue weighted by Gasteiger charge is -2.24. The van der Waals surface area contributed by atoms with Gasteiger partial charge in [-0.25, -0.2) is 0 Å². The van der Waals surface area contributed by atoms with Crippen LogP contribution in [0.15, 0.2) is 0 Å². The highest BCUT2D eigenvalue weighted by Crippen LogP contribution is 2.18. The quantitative estimate of drug-likeness (QED) is 0.459. The standard InChI is InChI=1S/C6H14O3.H2O/c1-2-6(3-7,4-8)5-9;/h7-9H,2-5H2,1H3;1H2. The molecular formula is C6H16O4. The van der Waals surface area contributed by atoms with Crippen LogP contribution in [-0.2, 0) is 0 Å². The van der Waals surface area contributed by atoms with Crippen LogP contribution < -0.4 is 0 Å². The molecule has 4 nitrogen and oxygen atoms in total. The molecule has 0 saturated carbocycles. The highest BCUT2D eigenvalue weighted by molar-refractivity contribution is 4.74. The number of aliphatic hydroxyl groups is 3. The molecule has 0 spiro atoms. The topological polar surface area (TPSA) is 92.2 Å². The second-order valence-corrected chi connectivity index (χ2v) is 2.33. The lowest BCUT2D eigenvalue weighted by molar-refractivity contribution is 0.00304. The predicted octanol–water partition coefficient (Wildman–Crippen LogP) is -1.47. The van der Waals surface area contributed by atoms with Gasteiger partial charge in [-0.1, -0.05) is 6.92 Å². The molecule has 0 bridgehead atoms. The fraction of sp³-hybridized carbons (Fsp3) is 1.00. The van der Waals surface area contributed by atoms with Gasteiger partial charge >= 0.3 is 0 Å². The van der Waals surface area contributed by atoms with Crippen LogP contribution in [-0.4, -0.2) is 40.6 Å². The number of aliphatic hydroxyl groups excluding tert-OH is 3. The first-order chi connectivity index (χ1) is 4.24. The van der Waals surface area contributed by atoms with Crippen LogP contribution in [0.5, 0.6) is 0 Å². The number of hydrogen-bond acceptors (Lipinski definition) is 3. The minimum Gasteiger partial charge on any atom is -0.412 e. The van der Waals surface area contributed by atoms with Crippen molar-refractivity contribution >= 4 is 0 Å². The molecule has 0 aromatic carbocycles. The van der Waals surface area contributed by atoms with E-state index >= 15 is 0 Å². The third-order valence-corrected chi connectivity index (χ3v) is 1.76. The molecule has 0 heterocycles. The van der Waals surface area contributed by atoms with Gasteiger partial charge in [-0.3, -0.25) is 0 Å². The molecule has 0 radical (unpaired) electrons. The fourth-order valence-electron chi connectivity index (χ4n) is 0.485. The highest BCUT2D eigenvalue weighted by atomic mass is 16.3. The predicted molar refractivity (Wildman–Crippen MR) is 37.6 cm³/mol. The molecule has 0 aliphatic carbocycles. The number of rotatable bonds is 4. The summed E-state index contributed by atoms with van der Waals surface area (Å²) in [5.41, 5.74) is -0.667. The van der Waals surface area contributed by atoms with E-state index < -0.39 is 5.41 Å². The van der Waals surface area contributed by atoms with Gasteiger partial charge in [0, 0.05) is 5.41 Å². The minimum atomic E-state index is -0.667. The van der Waals surface area contributed by atoms with Crippen LogP contribution in [0.4, 0.5) is 0 Å². The third kappa shape index (κ3) is 2.62. The van der Waals surface area contributed by atoms with Gasteiger partial charge in [0.25, 0.3) is 0 Å². The summed E-state index contributed by atoms with van der Waals surface area (Å²) < 4.78 is 0. The van der Waals surface area contributed by atoms with Crippen molar-refractivity contribution in [1.29, 1.82) is 0 Å². The van der Waals surface area contributed by atoms with E-state index in [-0.39, 0.29) is 25.3 Å². The Hall–Kier alpha value is -0.160. The molecule has 0 fully saturated rings. The summed E-state index contributed by atoms with van der Waals surface area (Å²) in [6.45, 7) is 1.35. The van der Waals surface area contributed by atoms with Crippen molar-refractivity contribution in [3.63, 3.8) is 0 Å². The van der Waals surface area contributed by atoms with Gasteiger partial charge in [0.1, 0.15) is 0 Å². The maximum absolute atomic E-state index is 8.66. The average molecular weight is 152 g/mol. The van der Waals surface area contributed by atoms with Crippen molar-refractivity contribution < 1.29 is 20.8 Å². The van der Waals surface area contributed by atoms with E-state index in [9.17, 15) is 0 Å². The normalized spacial score (nSPS) is 10.8. The Labute approximate surface area is 60.4 Å². The van der Waals surface area contributed by atoms with Gasteiger partial charge in [0.2, 0.25) is 0 Å². The van der Waals surface area contributed by atoms with Crippen LogP contribution in [0.2, 0.25) is 0 Å². The van der Waals surface area contributed by atoms with Crippen LogP contribution in [0.1, 0.15) is 13.3 Å². The lowest BCUT2D eigenvalue weighted by atomic mass is 9.88. The Balaban J connectivity index is 0. The molecule has 4 heteroatoms. The first-order valence-corrected chi connectivity index (χ1v) is 3.07. The molecule has 64 valence electrons. The molecule has 0 saturated heterocycles. The Morgan fingerprint density at radius 2 is 1.30 bits per heavy atom. The van der Waals surface area contributed by atoms with Gasteiger partial charge in [-0.05, 0) is 6.42 Å². The summed E-state index contributed by atoms with van der Waals surface area (Å²) >= 11 is 0. The van der Waals surface area contributed by atoms with Crippen LogP contribution in [0.3, 0.4) is 0 Å². The van der Waals surface area contributed by atoms with E-state index in [2.05, 4.69) is 0 Å². The van der Waals surface area contributed by atoms with Crippen molar-refractivity contribution in [3.05, 3.63) is 0 Å². The summed E-state index contributed by atoms with van der Waals surface area (Å²) in [5, 5.41) is 26.0. The van der Waals surface area contributed by atoms with Crippen molar-refractivity contribution in [1.82, 2.24) is 0 Å². The van der Waals surface area contributed by atoms with Crippen LogP contribution in [0, 0.1) is 5.41 Å². The molecule has 0 aliphatic heterocycles. The zero-order chi connectivity index (χ0) is 7.33. The Morgan fingerprint density at radius 3 is 1.30 bits per heavy atom. The molecule has 0 amide bonds. The highest BCUT2D eigenvalue weighted by Gasteiger charge is 2.24. The first kappa shape index (κ1) is 12.5. The minimum absolute atomic E-state index is 0.